The highest BCUT2D eigenvalue weighted by Crippen LogP contribution is 2.39. The number of hydrogen-bond acceptors (Lipinski definition) is 2. The topological polar surface area (TPSA) is 37.4 Å². The van der Waals surface area contributed by atoms with E-state index in [1.807, 2.05) is 106 Å². The number of aryl methyl sites for hydroxylation is 3. The molecule has 198 valence electrons. The second-order valence-electron chi connectivity index (χ2n) is 9.95. The Balaban J connectivity index is 1.76. The largest absolute Gasteiger partial charge is 0.265 e. The van der Waals surface area contributed by atoms with Gasteiger partial charge in [0.25, 0.3) is 10.0 Å². The van der Waals surface area contributed by atoms with Crippen LogP contribution in [-0.4, -0.2) is 19.3 Å². The minimum Gasteiger partial charge on any atom is -0.265 e. The van der Waals surface area contributed by atoms with E-state index in [1.165, 1.54) is 4.31 Å². The molecule has 1 atom stereocenters. The Hall–Kier alpha value is -3.31. The van der Waals surface area contributed by atoms with E-state index in [4.69, 9.17) is 23.2 Å². The average Bonchev–Trinajstić information content (AvgIpc) is 3.14. The Morgan fingerprint density at radius 2 is 1.33 bits per heavy atom. The molecule has 1 aliphatic heterocycles. The Bertz CT molecular complexity index is 1690. The highest BCUT2D eigenvalue weighted by Gasteiger charge is 2.32. The molecule has 0 aromatic heterocycles. The molecule has 0 N–H and O–H groups in total. The first-order valence-corrected chi connectivity index (χ1v) is 14.9. The van der Waals surface area contributed by atoms with Crippen molar-refractivity contribution in [3.05, 3.63) is 147 Å². The van der Waals surface area contributed by atoms with E-state index >= 15 is 0 Å². The molecule has 0 amide bonds. The van der Waals surface area contributed by atoms with E-state index in [0.717, 1.165) is 39.0 Å². The summed E-state index contributed by atoms with van der Waals surface area (Å²) < 4.78 is 30.2. The van der Waals surface area contributed by atoms with Crippen molar-refractivity contribution in [2.24, 2.45) is 0 Å². The van der Waals surface area contributed by atoms with Gasteiger partial charge in [-0.2, -0.15) is 0 Å². The quantitative estimate of drug-likeness (QED) is 0.239. The number of nitrogens with zero attached hydrogens (tertiary/aromatic N) is 1. The standard InChI is InChI=1S/C33H29Cl2NO2S/c1-22-9-15-30(16-10-22)39(37,38)36-21-29(25-7-5-4-6-8-25)17-28(26-13-11-23(2)31(34)18-26)20-33(36)27-14-12-24(3)32(35)19-27/h4-20,29H,21H2,1-3H3. The fourth-order valence-electron chi connectivity index (χ4n) is 4.71. The number of benzene rings is 4. The first-order chi connectivity index (χ1) is 18.6. The highest BCUT2D eigenvalue weighted by molar-refractivity contribution is 7.89. The number of rotatable bonds is 5. The lowest BCUT2D eigenvalue weighted by atomic mass is 9.94. The molecular formula is C33H29Cl2NO2S. The average molecular weight is 575 g/mol. The second kappa shape index (κ2) is 11.1. The van der Waals surface area contributed by atoms with Crippen LogP contribution in [0.2, 0.25) is 10.0 Å². The van der Waals surface area contributed by atoms with Crippen molar-refractivity contribution in [3.8, 4) is 0 Å². The third-order valence-electron chi connectivity index (χ3n) is 7.11. The van der Waals surface area contributed by atoms with Crippen molar-refractivity contribution in [1.29, 1.82) is 0 Å². The van der Waals surface area contributed by atoms with Crippen molar-refractivity contribution in [1.82, 2.24) is 4.31 Å². The summed E-state index contributed by atoms with van der Waals surface area (Å²) in [6.07, 6.45) is 4.08. The molecule has 5 rings (SSSR count). The van der Waals surface area contributed by atoms with Crippen molar-refractivity contribution < 1.29 is 8.42 Å². The molecule has 0 fully saturated rings. The predicted molar refractivity (Wildman–Crippen MR) is 163 cm³/mol. The molecule has 1 aliphatic rings. The lowest BCUT2D eigenvalue weighted by Gasteiger charge is -2.29. The van der Waals surface area contributed by atoms with Gasteiger partial charge in [0.1, 0.15) is 0 Å². The molecule has 4 aromatic rings. The van der Waals surface area contributed by atoms with Gasteiger partial charge in [0, 0.05) is 28.1 Å². The summed E-state index contributed by atoms with van der Waals surface area (Å²) in [6.45, 7) is 6.06. The Morgan fingerprint density at radius 3 is 1.95 bits per heavy atom. The lowest BCUT2D eigenvalue weighted by Crippen LogP contribution is -2.32. The molecule has 1 heterocycles. The second-order valence-corrected chi connectivity index (χ2v) is 12.6. The van der Waals surface area contributed by atoms with Crippen LogP contribution >= 0.6 is 23.2 Å². The van der Waals surface area contributed by atoms with Gasteiger partial charge >= 0.3 is 0 Å². The van der Waals surface area contributed by atoms with Crippen molar-refractivity contribution in [2.75, 3.05) is 6.54 Å². The molecule has 0 saturated carbocycles. The van der Waals surface area contributed by atoms with Crippen LogP contribution in [0.3, 0.4) is 0 Å². The molecule has 39 heavy (non-hydrogen) atoms. The summed E-state index contributed by atoms with van der Waals surface area (Å²) in [5.74, 6) is -0.212. The minimum atomic E-state index is -3.92. The van der Waals surface area contributed by atoms with E-state index < -0.39 is 10.0 Å². The first kappa shape index (κ1) is 27.3. The molecule has 1 unspecified atom stereocenters. The monoisotopic (exact) mass is 573 g/mol. The van der Waals surface area contributed by atoms with E-state index in [2.05, 4.69) is 6.08 Å². The molecule has 3 nitrogen and oxygen atoms in total. The summed E-state index contributed by atoms with van der Waals surface area (Å²) >= 11 is 13.1. The number of sulfonamides is 1. The van der Waals surface area contributed by atoms with Gasteiger partial charge in [-0.05, 0) is 78.9 Å². The van der Waals surface area contributed by atoms with Crippen LogP contribution in [0.1, 0.15) is 39.3 Å². The number of hydrogen-bond donors (Lipinski definition) is 0. The van der Waals surface area contributed by atoms with Gasteiger partial charge in [-0.15, -0.1) is 0 Å². The fourth-order valence-corrected chi connectivity index (χ4v) is 6.58. The van der Waals surface area contributed by atoms with E-state index in [0.29, 0.717) is 15.7 Å². The Kier molecular flexibility index (Phi) is 7.73. The molecule has 6 heteroatoms. The van der Waals surface area contributed by atoms with Crippen LogP contribution < -0.4 is 0 Å². The van der Waals surface area contributed by atoms with Crippen molar-refractivity contribution in [3.63, 3.8) is 0 Å². The van der Waals surface area contributed by atoms with Gasteiger partial charge in [0.05, 0.1) is 10.6 Å². The molecule has 0 saturated heterocycles. The summed E-state index contributed by atoms with van der Waals surface area (Å²) in [5, 5.41) is 1.24. The Morgan fingerprint density at radius 1 is 0.744 bits per heavy atom. The maximum atomic E-state index is 14.3. The van der Waals surface area contributed by atoms with Gasteiger partial charge in [0.2, 0.25) is 0 Å². The normalized spacial score (nSPS) is 15.9. The molecule has 4 aromatic carbocycles. The Labute approximate surface area is 241 Å². The SMILES string of the molecule is Cc1ccc(S(=O)(=O)N2CC(c3ccccc3)C=C(c3ccc(C)c(Cl)c3)C=C2c2ccc(C)c(Cl)c2)cc1. The van der Waals surface area contributed by atoms with E-state index in [1.54, 1.807) is 12.1 Å². The van der Waals surface area contributed by atoms with Crippen molar-refractivity contribution >= 4 is 44.5 Å². The third-order valence-corrected chi connectivity index (χ3v) is 9.72. The van der Waals surface area contributed by atoms with Crippen LogP contribution in [0.5, 0.6) is 0 Å². The minimum absolute atomic E-state index is 0.212. The smallest absolute Gasteiger partial charge is 0.264 e. The summed E-state index contributed by atoms with van der Waals surface area (Å²) in [5.41, 5.74) is 6.99. The van der Waals surface area contributed by atoms with E-state index in [-0.39, 0.29) is 17.4 Å². The highest BCUT2D eigenvalue weighted by atomic mass is 35.5. The molecule has 0 radical (unpaired) electrons. The summed E-state index contributed by atoms with van der Waals surface area (Å²) in [4.78, 5) is 0.242. The van der Waals surface area contributed by atoms with Crippen LogP contribution in [-0.2, 0) is 10.0 Å². The maximum Gasteiger partial charge on any atom is 0.264 e. The van der Waals surface area contributed by atoms with Crippen molar-refractivity contribution in [2.45, 2.75) is 31.6 Å². The van der Waals surface area contributed by atoms with Gasteiger partial charge < -0.3 is 0 Å². The molecule has 0 aliphatic carbocycles. The first-order valence-electron chi connectivity index (χ1n) is 12.7. The van der Waals surface area contributed by atoms with Gasteiger partial charge in [-0.3, -0.25) is 4.31 Å². The lowest BCUT2D eigenvalue weighted by molar-refractivity contribution is 0.499. The van der Waals surface area contributed by atoms with Crippen LogP contribution in [0.25, 0.3) is 11.3 Å². The third kappa shape index (κ3) is 5.69. The number of halogens is 2. The zero-order chi connectivity index (χ0) is 27.7. The van der Waals surface area contributed by atoms with Crippen LogP contribution in [0, 0.1) is 20.8 Å². The summed E-state index contributed by atoms with van der Waals surface area (Å²) in [7, 11) is -3.92. The van der Waals surface area contributed by atoms with Gasteiger partial charge in [0.15, 0.2) is 0 Å². The molecular weight excluding hydrogens is 545 g/mol. The zero-order valence-electron chi connectivity index (χ0n) is 22.0. The fraction of sp³-hybridized carbons (Fsp3) is 0.152. The molecule has 0 bridgehead atoms. The van der Waals surface area contributed by atoms with E-state index in [9.17, 15) is 8.42 Å². The van der Waals surface area contributed by atoms with Crippen LogP contribution in [0.4, 0.5) is 0 Å². The predicted octanol–water partition coefficient (Wildman–Crippen LogP) is 8.83. The summed E-state index contributed by atoms with van der Waals surface area (Å²) in [6, 6.07) is 28.6. The number of allylic oxidation sites excluding steroid dienone is 2. The maximum absolute atomic E-state index is 14.3. The molecule has 0 spiro atoms. The van der Waals surface area contributed by atoms with Gasteiger partial charge in [-0.25, -0.2) is 8.42 Å². The zero-order valence-corrected chi connectivity index (χ0v) is 24.4. The van der Waals surface area contributed by atoms with Crippen LogP contribution in [0.15, 0.2) is 108 Å². The van der Waals surface area contributed by atoms with Gasteiger partial charge in [-0.1, -0.05) is 102 Å².